The van der Waals surface area contributed by atoms with Crippen LogP contribution in [0, 0.1) is 11.3 Å². The average molecular weight is 348 g/mol. The fraction of sp³-hybridized carbons (Fsp3) is 0.200. The molecular formula is C20H16N2O2S. The molecule has 1 fully saturated rings. The van der Waals surface area contributed by atoms with Crippen molar-refractivity contribution in [1.82, 2.24) is 4.90 Å². The summed E-state index contributed by atoms with van der Waals surface area (Å²) in [6.45, 7) is 0. The summed E-state index contributed by atoms with van der Waals surface area (Å²) >= 11 is 1.38. The maximum absolute atomic E-state index is 12.9. The van der Waals surface area contributed by atoms with E-state index in [1.54, 1.807) is 0 Å². The van der Waals surface area contributed by atoms with Gasteiger partial charge in [-0.2, -0.15) is 5.26 Å². The van der Waals surface area contributed by atoms with Crippen molar-refractivity contribution in [3.8, 4) is 6.07 Å². The summed E-state index contributed by atoms with van der Waals surface area (Å²) < 4.78 is 0. The molecule has 2 aromatic rings. The van der Waals surface area contributed by atoms with Crippen molar-refractivity contribution in [1.29, 1.82) is 5.26 Å². The van der Waals surface area contributed by atoms with Gasteiger partial charge in [0.15, 0.2) is 5.72 Å². The second kappa shape index (κ2) is 6.07. The lowest BCUT2D eigenvalue weighted by atomic mass is 9.85. The Morgan fingerprint density at radius 1 is 1.12 bits per heavy atom. The highest BCUT2D eigenvalue weighted by Gasteiger charge is 2.51. The Bertz CT molecular complexity index is 889. The van der Waals surface area contributed by atoms with Crippen molar-refractivity contribution in [3.63, 3.8) is 0 Å². The summed E-state index contributed by atoms with van der Waals surface area (Å²) in [6.07, 6.45) is 0.187. The van der Waals surface area contributed by atoms with Crippen LogP contribution in [0.2, 0.25) is 0 Å². The van der Waals surface area contributed by atoms with E-state index >= 15 is 0 Å². The summed E-state index contributed by atoms with van der Waals surface area (Å²) in [6, 6.07) is 21.1. The number of fused-ring (bicyclic) bond motifs is 1. The number of amides is 1. The Morgan fingerprint density at radius 3 is 2.40 bits per heavy atom. The van der Waals surface area contributed by atoms with Crippen molar-refractivity contribution in [2.24, 2.45) is 0 Å². The molecule has 0 saturated carbocycles. The van der Waals surface area contributed by atoms with Crippen LogP contribution in [0.15, 0.2) is 71.3 Å². The van der Waals surface area contributed by atoms with Crippen molar-refractivity contribution in [2.75, 3.05) is 5.75 Å². The normalized spacial score (nSPS) is 25.7. The highest BCUT2D eigenvalue weighted by molar-refractivity contribution is 8.03. The van der Waals surface area contributed by atoms with E-state index in [1.165, 1.54) is 16.7 Å². The molecule has 4 nitrogen and oxygen atoms in total. The number of nitrogens with zero attached hydrogens (tertiary/aromatic N) is 2. The molecule has 2 aromatic carbocycles. The lowest BCUT2D eigenvalue weighted by Crippen LogP contribution is -2.48. The smallest absolute Gasteiger partial charge is 0.231 e. The van der Waals surface area contributed by atoms with Gasteiger partial charge >= 0.3 is 0 Å². The predicted molar refractivity (Wildman–Crippen MR) is 96.1 cm³/mol. The van der Waals surface area contributed by atoms with E-state index in [-0.39, 0.29) is 18.2 Å². The highest BCUT2D eigenvalue weighted by atomic mass is 32.2. The van der Waals surface area contributed by atoms with Gasteiger partial charge in [-0.05, 0) is 5.56 Å². The number of thioether (sulfide) groups is 1. The van der Waals surface area contributed by atoms with Crippen LogP contribution < -0.4 is 0 Å². The van der Waals surface area contributed by atoms with Gasteiger partial charge in [0.25, 0.3) is 0 Å². The molecule has 0 aliphatic carbocycles. The van der Waals surface area contributed by atoms with Crippen molar-refractivity contribution in [2.45, 2.75) is 18.1 Å². The first-order valence-electron chi connectivity index (χ1n) is 8.08. The van der Waals surface area contributed by atoms with Gasteiger partial charge in [0, 0.05) is 17.9 Å². The van der Waals surface area contributed by atoms with Crippen LogP contribution in [0.4, 0.5) is 0 Å². The van der Waals surface area contributed by atoms with Crippen molar-refractivity contribution in [3.05, 3.63) is 82.4 Å². The lowest BCUT2D eigenvalue weighted by Gasteiger charge is -2.38. The maximum atomic E-state index is 12.9. The molecule has 1 saturated heterocycles. The largest absolute Gasteiger partial charge is 0.366 e. The van der Waals surface area contributed by atoms with E-state index in [0.717, 1.165) is 5.56 Å². The van der Waals surface area contributed by atoms with Crippen LogP contribution in [-0.4, -0.2) is 21.7 Å². The molecule has 5 heteroatoms. The minimum Gasteiger partial charge on any atom is -0.366 e. The molecule has 0 spiro atoms. The molecule has 25 heavy (non-hydrogen) atoms. The van der Waals surface area contributed by atoms with Gasteiger partial charge in [-0.1, -0.05) is 60.7 Å². The van der Waals surface area contributed by atoms with Crippen LogP contribution in [0.5, 0.6) is 0 Å². The molecule has 0 aromatic heterocycles. The van der Waals surface area contributed by atoms with Gasteiger partial charge in [0.1, 0.15) is 0 Å². The monoisotopic (exact) mass is 348 g/mol. The van der Waals surface area contributed by atoms with Gasteiger partial charge in [-0.15, -0.1) is 11.8 Å². The molecular weight excluding hydrogens is 332 g/mol. The van der Waals surface area contributed by atoms with Gasteiger partial charge in [-0.25, -0.2) is 0 Å². The minimum absolute atomic E-state index is 0.154. The van der Waals surface area contributed by atoms with E-state index in [1.807, 2.05) is 60.7 Å². The second-order valence-corrected chi connectivity index (χ2v) is 7.16. The zero-order valence-corrected chi connectivity index (χ0v) is 14.2. The summed E-state index contributed by atoms with van der Waals surface area (Å²) in [5.41, 5.74) is 0.779. The van der Waals surface area contributed by atoms with Crippen LogP contribution in [0.1, 0.15) is 23.5 Å². The summed E-state index contributed by atoms with van der Waals surface area (Å²) in [7, 11) is 0. The Balaban J connectivity index is 1.83. The predicted octanol–water partition coefficient (Wildman–Crippen LogP) is 3.33. The Hall–Kier alpha value is -2.55. The molecule has 1 amide bonds. The molecule has 0 bridgehead atoms. The van der Waals surface area contributed by atoms with Gasteiger partial charge in [0.2, 0.25) is 5.91 Å². The zero-order valence-electron chi connectivity index (χ0n) is 13.4. The molecule has 2 aliphatic heterocycles. The van der Waals surface area contributed by atoms with Crippen molar-refractivity contribution >= 4 is 17.7 Å². The first kappa shape index (κ1) is 15.9. The molecule has 2 aliphatic rings. The van der Waals surface area contributed by atoms with Gasteiger partial charge in [0.05, 0.1) is 22.4 Å². The third-order valence-corrected chi connectivity index (χ3v) is 5.97. The van der Waals surface area contributed by atoms with E-state index < -0.39 is 5.72 Å². The van der Waals surface area contributed by atoms with Gasteiger partial charge < -0.3 is 5.11 Å². The Labute approximate surface area is 150 Å². The zero-order chi connectivity index (χ0) is 17.4. The number of rotatable bonds is 2. The molecule has 0 radical (unpaired) electrons. The molecule has 124 valence electrons. The van der Waals surface area contributed by atoms with Crippen molar-refractivity contribution < 1.29 is 9.90 Å². The van der Waals surface area contributed by atoms with Gasteiger partial charge in [-0.3, -0.25) is 9.69 Å². The van der Waals surface area contributed by atoms with E-state index in [9.17, 15) is 15.2 Å². The van der Waals surface area contributed by atoms with Crippen LogP contribution >= 0.6 is 11.8 Å². The first-order valence-corrected chi connectivity index (χ1v) is 9.06. The number of hydrogen-bond acceptors (Lipinski definition) is 4. The molecule has 1 N–H and O–H groups in total. The molecule has 4 rings (SSSR count). The minimum atomic E-state index is -1.40. The quantitative estimate of drug-likeness (QED) is 0.904. The van der Waals surface area contributed by atoms with Crippen LogP contribution in [0.25, 0.3) is 0 Å². The van der Waals surface area contributed by atoms with Crippen LogP contribution in [-0.2, 0) is 10.5 Å². The molecule has 2 atom stereocenters. The Morgan fingerprint density at radius 2 is 1.76 bits per heavy atom. The number of carbonyl (C=O) groups excluding carboxylic acids is 1. The first-order chi connectivity index (χ1) is 12.1. The number of allylic oxidation sites excluding steroid dienone is 1. The number of nitriles is 1. The topological polar surface area (TPSA) is 64.3 Å². The Kier molecular flexibility index (Phi) is 3.87. The number of hydrogen-bond donors (Lipinski definition) is 1. The third-order valence-electron chi connectivity index (χ3n) is 4.75. The highest BCUT2D eigenvalue weighted by Crippen LogP contribution is 2.51. The third kappa shape index (κ3) is 2.46. The summed E-state index contributed by atoms with van der Waals surface area (Å²) in [4.78, 5) is 14.3. The SMILES string of the molecule is N#CC1=C2SC[C@@](O)(c3ccccc3)N2C(=O)C[C@H]1c1ccccc1. The average Bonchev–Trinajstić information content (AvgIpc) is 3.02. The second-order valence-electron chi connectivity index (χ2n) is 6.20. The lowest BCUT2D eigenvalue weighted by molar-refractivity contribution is -0.149. The fourth-order valence-corrected chi connectivity index (χ4v) is 4.87. The number of benzene rings is 2. The standard InChI is InChI=1S/C20H16N2O2S/c21-12-17-16(14-7-3-1-4-8-14)11-18(23)22-19(17)25-13-20(22,24)15-9-5-2-6-10-15/h1-10,16,24H,11,13H2/t16-,20+/m0/s1. The van der Waals surface area contributed by atoms with E-state index in [4.69, 9.17) is 0 Å². The number of aliphatic hydroxyl groups is 1. The van der Waals surface area contributed by atoms with E-state index in [2.05, 4.69) is 6.07 Å². The summed E-state index contributed by atoms with van der Waals surface area (Å²) in [5.74, 6) is -0.0834. The molecule has 0 unspecified atom stereocenters. The summed E-state index contributed by atoms with van der Waals surface area (Å²) in [5, 5.41) is 21.6. The van der Waals surface area contributed by atoms with Crippen LogP contribution in [0.3, 0.4) is 0 Å². The number of carbonyl (C=O) groups is 1. The molecule has 2 heterocycles. The fourth-order valence-electron chi connectivity index (χ4n) is 3.51. The maximum Gasteiger partial charge on any atom is 0.231 e. The van der Waals surface area contributed by atoms with E-state index in [0.29, 0.717) is 21.9 Å².